The van der Waals surface area contributed by atoms with Crippen LogP contribution in [0.15, 0.2) is 253 Å². The molecule has 0 bridgehead atoms. The summed E-state index contributed by atoms with van der Waals surface area (Å²) >= 11 is 0. The van der Waals surface area contributed by atoms with E-state index < -0.39 is 16.1 Å². The van der Waals surface area contributed by atoms with Crippen LogP contribution < -0.4 is 46.4 Å². The minimum absolute atomic E-state index is 0.836. The van der Waals surface area contributed by atoms with Gasteiger partial charge < -0.3 is 4.42 Å². The molecule has 0 saturated heterocycles. The molecule has 302 valence electrons. The van der Waals surface area contributed by atoms with Crippen LogP contribution in [-0.2, 0) is 0 Å². The number of anilines is 3. The Morgan fingerprint density at radius 1 is 0.422 bits per heavy atom. The summed E-state index contributed by atoms with van der Waals surface area (Å²) in [6.45, 7) is 0. The highest BCUT2D eigenvalue weighted by Gasteiger charge is 2.51. The lowest BCUT2D eigenvalue weighted by molar-refractivity contribution is 0.669. The normalized spacial score (nSPS) is 13.1. The van der Waals surface area contributed by atoms with E-state index in [1.54, 1.807) is 0 Å². The highest BCUT2D eigenvalue weighted by atomic mass is 28.3. The zero-order chi connectivity index (χ0) is 42.5. The van der Waals surface area contributed by atoms with Gasteiger partial charge in [-0.2, -0.15) is 0 Å². The zero-order valence-electron chi connectivity index (χ0n) is 34.9. The molecule has 0 saturated carbocycles. The second-order valence-electron chi connectivity index (χ2n) is 16.5. The number of hydrogen-bond donors (Lipinski definition) is 0. The number of furan rings is 1. The third kappa shape index (κ3) is 5.73. The average molecular weight is 852 g/mol. The number of nitrogens with zero attached hydrogens (tertiary/aromatic N) is 3. The number of aromatic nitrogens is 2. The lowest BCUT2D eigenvalue weighted by Gasteiger charge is -2.45. The van der Waals surface area contributed by atoms with Gasteiger partial charge in [0.1, 0.15) is 11.4 Å². The topological polar surface area (TPSA) is 42.2 Å². The summed E-state index contributed by atoms with van der Waals surface area (Å²) in [5.74, 6) is 0.836. The van der Waals surface area contributed by atoms with Gasteiger partial charge in [-0.05, 0) is 77.9 Å². The van der Waals surface area contributed by atoms with Crippen molar-refractivity contribution >= 4 is 96.8 Å². The molecule has 11 aromatic rings. The Labute approximate surface area is 374 Å². The number of benzene rings is 8. The van der Waals surface area contributed by atoms with E-state index in [1.165, 1.54) is 41.5 Å². The Hall–Kier alpha value is -7.91. The van der Waals surface area contributed by atoms with E-state index in [0.29, 0.717) is 0 Å². The van der Waals surface area contributed by atoms with Gasteiger partial charge in [0.25, 0.3) is 0 Å². The van der Waals surface area contributed by atoms with Crippen LogP contribution >= 0.6 is 0 Å². The fourth-order valence-corrected chi connectivity index (χ4v) is 20.4. The van der Waals surface area contributed by atoms with Gasteiger partial charge in [-0.25, -0.2) is 4.98 Å². The Balaban J connectivity index is 1.26. The van der Waals surface area contributed by atoms with Crippen LogP contribution in [0.5, 0.6) is 0 Å². The maximum absolute atomic E-state index is 7.10. The van der Waals surface area contributed by atoms with Crippen LogP contribution in [0.3, 0.4) is 0 Å². The van der Waals surface area contributed by atoms with Crippen LogP contribution in [0.25, 0.3) is 33.2 Å². The summed E-state index contributed by atoms with van der Waals surface area (Å²) in [6.07, 6.45) is 3.78. The third-order valence-electron chi connectivity index (χ3n) is 13.2. The summed E-state index contributed by atoms with van der Waals surface area (Å²) in [5.41, 5.74) is 5.93. The molecule has 64 heavy (non-hydrogen) atoms. The number of rotatable bonds is 8. The lowest BCUT2D eigenvalue weighted by Crippen LogP contribution is -2.78. The summed E-state index contributed by atoms with van der Waals surface area (Å²) in [7, 11) is -6.23. The number of pyridine rings is 2. The van der Waals surface area contributed by atoms with Crippen molar-refractivity contribution < 1.29 is 4.42 Å². The second-order valence-corrected chi connectivity index (χ2v) is 24.0. The Morgan fingerprint density at radius 3 is 1.66 bits per heavy atom. The minimum atomic E-state index is -3.11. The molecule has 4 heterocycles. The maximum atomic E-state index is 7.10. The summed E-state index contributed by atoms with van der Waals surface area (Å²) in [6, 6.07) is 86.9. The molecule has 1 aliphatic heterocycles. The highest BCUT2D eigenvalue weighted by Crippen LogP contribution is 2.44. The van der Waals surface area contributed by atoms with Gasteiger partial charge in [-0.1, -0.05) is 200 Å². The molecule has 0 radical (unpaired) electrons. The van der Waals surface area contributed by atoms with Gasteiger partial charge in [-0.15, -0.1) is 0 Å². The Kier molecular flexibility index (Phi) is 9.14. The van der Waals surface area contributed by atoms with Crippen molar-refractivity contribution in [2.24, 2.45) is 0 Å². The van der Waals surface area contributed by atoms with Gasteiger partial charge >= 0.3 is 0 Å². The average Bonchev–Trinajstić information content (AvgIpc) is 3.77. The molecular formula is C58H41N3OSi2. The van der Waals surface area contributed by atoms with Crippen molar-refractivity contribution in [3.05, 3.63) is 249 Å². The van der Waals surface area contributed by atoms with Gasteiger partial charge in [0.05, 0.1) is 11.4 Å². The van der Waals surface area contributed by atoms with Crippen molar-refractivity contribution in [3.8, 4) is 11.3 Å². The van der Waals surface area contributed by atoms with Crippen LogP contribution in [0.2, 0.25) is 0 Å². The molecular weight excluding hydrogens is 811 g/mol. The molecule has 0 aliphatic carbocycles. The summed E-state index contributed by atoms with van der Waals surface area (Å²) < 4.78 is 7.10. The van der Waals surface area contributed by atoms with Gasteiger partial charge in [0.15, 0.2) is 21.7 Å². The molecule has 0 N–H and O–H groups in total. The predicted octanol–water partition coefficient (Wildman–Crippen LogP) is 8.58. The van der Waals surface area contributed by atoms with E-state index in [1.807, 2.05) is 24.5 Å². The van der Waals surface area contributed by atoms with E-state index in [9.17, 15) is 0 Å². The number of para-hydroxylation sites is 1. The van der Waals surface area contributed by atoms with E-state index in [4.69, 9.17) is 14.4 Å². The van der Waals surface area contributed by atoms with Crippen LogP contribution in [0.4, 0.5) is 17.2 Å². The molecule has 1 aliphatic rings. The third-order valence-corrected chi connectivity index (χ3v) is 22.8. The second kappa shape index (κ2) is 15.5. The van der Waals surface area contributed by atoms with Crippen molar-refractivity contribution in [3.63, 3.8) is 0 Å². The molecule has 0 atom stereocenters. The first-order chi connectivity index (χ1) is 31.8. The smallest absolute Gasteiger partial charge is 0.184 e. The van der Waals surface area contributed by atoms with Gasteiger partial charge in [-0.3, -0.25) is 9.88 Å². The van der Waals surface area contributed by atoms with Crippen molar-refractivity contribution in [1.82, 2.24) is 9.97 Å². The molecule has 12 rings (SSSR count). The standard InChI is InChI=1S/C58H41N3OSi2/c1-5-21-43(22-6-1)63(44-23-7-2-8-24-44,47-29-19-20-42(40-47)51-31-15-17-38-59-51)48-34-36-54-52(41-48)61(56-33-16-18-39-60-56)57-55(37-35-50-49-30-13-14-32-53(49)62-58(50)57)64(54,45-25-9-3-10-26-45)46-27-11-4-12-28-46/h1-41H. The van der Waals surface area contributed by atoms with Crippen molar-refractivity contribution in [2.75, 3.05) is 4.90 Å². The fourth-order valence-electron chi connectivity index (χ4n) is 10.5. The van der Waals surface area contributed by atoms with E-state index in [-0.39, 0.29) is 0 Å². The molecule has 0 unspecified atom stereocenters. The van der Waals surface area contributed by atoms with Crippen LogP contribution in [-0.4, -0.2) is 26.1 Å². The molecule has 3 aromatic heterocycles. The van der Waals surface area contributed by atoms with Crippen LogP contribution in [0, 0.1) is 0 Å². The molecule has 0 amide bonds. The summed E-state index contributed by atoms with van der Waals surface area (Å²) in [5, 5.41) is 12.5. The van der Waals surface area contributed by atoms with Crippen molar-refractivity contribution in [2.45, 2.75) is 0 Å². The Bertz CT molecular complexity index is 3360. The zero-order valence-corrected chi connectivity index (χ0v) is 36.9. The number of hydrogen-bond acceptors (Lipinski definition) is 4. The molecule has 0 fully saturated rings. The van der Waals surface area contributed by atoms with Gasteiger partial charge in [0, 0.05) is 34.4 Å². The first-order valence-corrected chi connectivity index (χ1v) is 25.8. The SMILES string of the molecule is c1ccc([Si](c2ccccc2)(c2cccc(-c3ccccn3)c2)c2ccc3c(c2)N(c2ccccn2)c2c(ccc4c2oc2ccccc24)[Si]3(c2ccccc2)c2ccccc2)cc1. The maximum Gasteiger partial charge on any atom is 0.184 e. The summed E-state index contributed by atoms with van der Waals surface area (Å²) in [4.78, 5) is 12.4. The van der Waals surface area contributed by atoms with Gasteiger partial charge in [0.2, 0.25) is 0 Å². The molecule has 6 heteroatoms. The predicted molar refractivity (Wildman–Crippen MR) is 270 cm³/mol. The monoisotopic (exact) mass is 851 g/mol. The van der Waals surface area contributed by atoms with E-state index >= 15 is 0 Å². The largest absolute Gasteiger partial charge is 0.454 e. The number of fused-ring (bicyclic) bond motifs is 6. The first-order valence-electron chi connectivity index (χ1n) is 21.8. The van der Waals surface area contributed by atoms with E-state index in [2.05, 4.69) is 229 Å². The molecule has 0 spiro atoms. The minimum Gasteiger partial charge on any atom is -0.454 e. The highest BCUT2D eigenvalue weighted by molar-refractivity contribution is 7.22. The van der Waals surface area contributed by atoms with E-state index in [0.717, 1.165) is 50.4 Å². The Morgan fingerprint density at radius 2 is 1.00 bits per heavy atom. The fraction of sp³-hybridized carbons (Fsp3) is 0. The van der Waals surface area contributed by atoms with Crippen molar-refractivity contribution in [1.29, 1.82) is 0 Å². The quantitative estimate of drug-likeness (QED) is 0.114. The van der Waals surface area contributed by atoms with Crippen LogP contribution in [0.1, 0.15) is 0 Å². The first kappa shape index (κ1) is 37.8. The molecule has 8 aromatic carbocycles. The molecule has 4 nitrogen and oxygen atoms in total. The lowest BCUT2D eigenvalue weighted by atomic mass is 10.1.